The van der Waals surface area contributed by atoms with Gasteiger partial charge in [-0.1, -0.05) is 32.1 Å². The summed E-state index contributed by atoms with van der Waals surface area (Å²) in [5, 5.41) is 13.3. The second kappa shape index (κ2) is 8.40. The van der Waals surface area contributed by atoms with Crippen LogP contribution in [-0.2, 0) is 5.54 Å². The Morgan fingerprint density at radius 1 is 1.05 bits per heavy atom. The standard InChI is InChI=1S/C28H29N9/c1-3-20-10-11-23-26(36-15-6-12-28(36,4-2)27-33-30-19-35(23)27)32-25(20)34-17-14-29-24(34)21-8-5-9-22(18-21)37-16-7-13-31-37/h5,7-9,11,13-14,16-19H,3-4,6,10,12,15H2,1-2H3. The predicted molar refractivity (Wildman–Crippen MR) is 143 cm³/mol. The summed E-state index contributed by atoms with van der Waals surface area (Å²) < 4.78 is 6.19. The molecule has 186 valence electrons. The number of aromatic nitrogens is 7. The van der Waals surface area contributed by atoms with Gasteiger partial charge in [0.15, 0.2) is 11.7 Å². The quantitative estimate of drug-likeness (QED) is 0.394. The third-order valence-electron chi connectivity index (χ3n) is 8.02. The molecule has 6 heterocycles. The monoisotopic (exact) mass is 491 g/mol. The SMILES string of the molecule is CCC1=C(n2ccnc2-c2cccc(-n3cccn3)c2)N=C2C(=CC1)n1cnnc1C1(CC)CCCN21. The van der Waals surface area contributed by atoms with E-state index < -0.39 is 0 Å². The summed E-state index contributed by atoms with van der Waals surface area (Å²) in [5.74, 6) is 3.87. The van der Waals surface area contributed by atoms with Crippen molar-refractivity contribution in [2.75, 3.05) is 6.54 Å². The lowest BCUT2D eigenvalue weighted by molar-refractivity contribution is 0.199. The van der Waals surface area contributed by atoms with E-state index in [4.69, 9.17) is 9.98 Å². The largest absolute Gasteiger partial charge is 0.342 e. The average molecular weight is 492 g/mol. The van der Waals surface area contributed by atoms with Gasteiger partial charge in [-0.05, 0) is 55.9 Å². The molecule has 0 saturated carbocycles. The van der Waals surface area contributed by atoms with E-state index in [1.807, 2.05) is 41.7 Å². The van der Waals surface area contributed by atoms with Crippen molar-refractivity contribution in [3.8, 4) is 17.1 Å². The third-order valence-corrected chi connectivity index (χ3v) is 8.02. The van der Waals surface area contributed by atoms with Gasteiger partial charge in [-0.25, -0.2) is 14.7 Å². The van der Waals surface area contributed by atoms with Crippen LogP contribution in [0.1, 0.15) is 51.8 Å². The molecule has 1 atom stereocenters. The molecule has 0 spiro atoms. The lowest BCUT2D eigenvalue weighted by Gasteiger charge is -2.43. The highest BCUT2D eigenvalue weighted by atomic mass is 15.4. The molecule has 0 amide bonds. The van der Waals surface area contributed by atoms with Crippen LogP contribution in [0, 0.1) is 0 Å². The van der Waals surface area contributed by atoms with Crippen LogP contribution in [0.25, 0.3) is 28.6 Å². The van der Waals surface area contributed by atoms with Crippen molar-refractivity contribution in [3.05, 3.63) is 78.9 Å². The Balaban J connectivity index is 1.38. The first-order valence-corrected chi connectivity index (χ1v) is 13.1. The highest BCUT2D eigenvalue weighted by Crippen LogP contribution is 2.47. The molecule has 1 unspecified atom stereocenters. The number of amidine groups is 1. The minimum absolute atomic E-state index is 0.162. The molecule has 9 heteroatoms. The zero-order valence-electron chi connectivity index (χ0n) is 21.1. The Kier molecular flexibility index (Phi) is 4.99. The summed E-state index contributed by atoms with van der Waals surface area (Å²) in [6.07, 6.45) is 16.6. The zero-order chi connectivity index (χ0) is 25.0. The van der Waals surface area contributed by atoms with E-state index in [0.717, 1.165) is 78.9 Å². The highest BCUT2D eigenvalue weighted by Gasteiger charge is 2.51. The Bertz CT molecular complexity index is 1570. The number of allylic oxidation sites excluding steroid dienone is 2. The van der Waals surface area contributed by atoms with Crippen molar-refractivity contribution >= 4 is 17.4 Å². The van der Waals surface area contributed by atoms with Gasteiger partial charge in [0, 0.05) is 36.9 Å². The maximum Gasteiger partial charge on any atom is 0.163 e. The van der Waals surface area contributed by atoms with Crippen LogP contribution in [0.2, 0.25) is 0 Å². The smallest absolute Gasteiger partial charge is 0.163 e. The van der Waals surface area contributed by atoms with Gasteiger partial charge in [-0.2, -0.15) is 5.10 Å². The third kappa shape index (κ3) is 3.19. The highest BCUT2D eigenvalue weighted by molar-refractivity contribution is 6.20. The fourth-order valence-electron chi connectivity index (χ4n) is 6.14. The summed E-state index contributed by atoms with van der Waals surface area (Å²) in [4.78, 5) is 12.7. The van der Waals surface area contributed by atoms with Crippen molar-refractivity contribution in [2.24, 2.45) is 4.99 Å². The van der Waals surface area contributed by atoms with Crippen LogP contribution in [0.3, 0.4) is 0 Å². The molecule has 3 aromatic heterocycles. The molecule has 4 aromatic rings. The van der Waals surface area contributed by atoms with Gasteiger partial charge >= 0.3 is 0 Å². The molecule has 7 rings (SSSR count). The van der Waals surface area contributed by atoms with Gasteiger partial charge in [-0.3, -0.25) is 9.13 Å². The Morgan fingerprint density at radius 2 is 2.00 bits per heavy atom. The van der Waals surface area contributed by atoms with Gasteiger partial charge in [0.2, 0.25) is 0 Å². The van der Waals surface area contributed by atoms with Crippen LogP contribution < -0.4 is 0 Å². The summed E-state index contributed by atoms with van der Waals surface area (Å²) in [6, 6.07) is 10.3. The molecule has 0 N–H and O–H groups in total. The summed E-state index contributed by atoms with van der Waals surface area (Å²) >= 11 is 0. The molecule has 1 saturated heterocycles. The van der Waals surface area contributed by atoms with Crippen molar-refractivity contribution in [3.63, 3.8) is 0 Å². The van der Waals surface area contributed by atoms with E-state index in [2.05, 4.69) is 67.5 Å². The molecule has 0 bridgehead atoms. The molecule has 37 heavy (non-hydrogen) atoms. The topological polar surface area (TPSA) is 81.9 Å². The van der Waals surface area contributed by atoms with Gasteiger partial charge in [0.05, 0.1) is 11.4 Å². The Morgan fingerprint density at radius 3 is 2.84 bits per heavy atom. The Labute approximate surface area is 215 Å². The van der Waals surface area contributed by atoms with Crippen LogP contribution in [0.5, 0.6) is 0 Å². The fraction of sp³-hybridized carbons (Fsp3) is 0.321. The average Bonchev–Trinajstić information content (AvgIpc) is 3.74. The van der Waals surface area contributed by atoms with Crippen LogP contribution in [0.15, 0.2) is 78.1 Å². The van der Waals surface area contributed by atoms with Crippen LogP contribution in [0.4, 0.5) is 0 Å². The molecular weight excluding hydrogens is 462 g/mol. The molecule has 9 nitrogen and oxygen atoms in total. The number of imidazole rings is 1. The van der Waals surface area contributed by atoms with Gasteiger partial charge in [-0.15, -0.1) is 10.2 Å². The Hall–Kier alpha value is -4.27. The van der Waals surface area contributed by atoms with E-state index >= 15 is 0 Å². The summed E-state index contributed by atoms with van der Waals surface area (Å²) in [5.41, 5.74) is 4.20. The number of fused-ring (bicyclic) bond motifs is 6. The van der Waals surface area contributed by atoms with Crippen LogP contribution in [-0.4, -0.2) is 51.4 Å². The maximum atomic E-state index is 5.45. The lowest BCUT2D eigenvalue weighted by Crippen LogP contribution is -2.51. The number of rotatable bonds is 5. The number of hydrogen-bond acceptors (Lipinski definition) is 6. The van der Waals surface area contributed by atoms with Crippen LogP contribution >= 0.6 is 0 Å². The van der Waals surface area contributed by atoms with Crippen molar-refractivity contribution < 1.29 is 0 Å². The molecule has 0 aliphatic carbocycles. The van der Waals surface area contributed by atoms with Gasteiger partial charge in [0.1, 0.15) is 23.5 Å². The predicted octanol–water partition coefficient (Wildman–Crippen LogP) is 4.96. The molecular formula is C28H29N9. The number of nitrogens with zero attached hydrogens (tertiary/aromatic N) is 9. The summed E-state index contributed by atoms with van der Waals surface area (Å²) in [7, 11) is 0. The summed E-state index contributed by atoms with van der Waals surface area (Å²) in [6.45, 7) is 5.42. The molecule has 1 fully saturated rings. The number of hydrogen-bond donors (Lipinski definition) is 0. The van der Waals surface area contributed by atoms with E-state index in [-0.39, 0.29) is 5.54 Å². The molecule has 1 aromatic carbocycles. The van der Waals surface area contributed by atoms with Crippen molar-refractivity contribution in [1.82, 2.24) is 39.0 Å². The first-order chi connectivity index (χ1) is 18.2. The molecule has 3 aliphatic heterocycles. The normalized spacial score (nSPS) is 20.8. The number of benzene rings is 1. The molecule has 0 radical (unpaired) electrons. The lowest BCUT2D eigenvalue weighted by atomic mass is 9.89. The van der Waals surface area contributed by atoms with E-state index in [9.17, 15) is 0 Å². The molecule has 3 aliphatic rings. The second-order valence-corrected chi connectivity index (χ2v) is 9.80. The van der Waals surface area contributed by atoms with E-state index in [0.29, 0.717) is 0 Å². The second-order valence-electron chi connectivity index (χ2n) is 9.80. The zero-order valence-corrected chi connectivity index (χ0v) is 21.1. The van der Waals surface area contributed by atoms with Gasteiger partial charge < -0.3 is 4.90 Å². The van der Waals surface area contributed by atoms with Crippen molar-refractivity contribution in [1.29, 1.82) is 0 Å². The van der Waals surface area contributed by atoms with Crippen molar-refractivity contribution in [2.45, 2.75) is 51.5 Å². The maximum absolute atomic E-state index is 5.45. The first kappa shape index (κ1) is 22.0. The van der Waals surface area contributed by atoms with Gasteiger partial charge in [0.25, 0.3) is 0 Å². The minimum Gasteiger partial charge on any atom is -0.342 e. The first-order valence-electron chi connectivity index (χ1n) is 13.1. The van der Waals surface area contributed by atoms with E-state index in [1.165, 1.54) is 5.57 Å². The minimum atomic E-state index is -0.162. The van der Waals surface area contributed by atoms with E-state index in [1.54, 1.807) is 6.20 Å². The number of aliphatic imine (C=N–C) groups is 1. The fourth-order valence-corrected chi connectivity index (χ4v) is 6.14.